The van der Waals surface area contributed by atoms with Gasteiger partial charge in [0.2, 0.25) is 0 Å². The molecule has 3 nitrogen and oxygen atoms in total. The fraction of sp³-hybridized carbons (Fsp3) is 0.444. The van der Waals surface area contributed by atoms with Gasteiger partial charge in [-0.05, 0) is 25.5 Å². The third-order valence-corrected chi connectivity index (χ3v) is 1.86. The Morgan fingerprint density at radius 3 is 2.75 bits per heavy atom. The van der Waals surface area contributed by atoms with Gasteiger partial charge < -0.3 is 10.2 Å². The van der Waals surface area contributed by atoms with Crippen molar-refractivity contribution in [3.05, 3.63) is 23.2 Å². The van der Waals surface area contributed by atoms with Crippen LogP contribution in [0, 0.1) is 25.2 Å². The first kappa shape index (κ1) is 8.82. The van der Waals surface area contributed by atoms with Crippen LogP contribution < -0.4 is 5.73 Å². The van der Waals surface area contributed by atoms with Gasteiger partial charge in [-0.1, -0.05) is 0 Å². The van der Waals surface area contributed by atoms with Gasteiger partial charge in [-0.2, -0.15) is 5.26 Å². The van der Waals surface area contributed by atoms with Gasteiger partial charge in [-0.3, -0.25) is 0 Å². The van der Waals surface area contributed by atoms with E-state index in [-0.39, 0.29) is 6.04 Å². The Hall–Kier alpha value is -1.27. The normalized spacial score (nSPS) is 12.5. The lowest BCUT2D eigenvalue weighted by Gasteiger charge is -2.00. The van der Waals surface area contributed by atoms with Crippen molar-refractivity contribution in [3.63, 3.8) is 0 Å². The molecule has 1 atom stereocenters. The second-order valence-electron chi connectivity index (χ2n) is 2.86. The van der Waals surface area contributed by atoms with Crippen LogP contribution in [0.5, 0.6) is 0 Å². The van der Waals surface area contributed by atoms with Crippen molar-refractivity contribution in [2.75, 3.05) is 0 Å². The van der Waals surface area contributed by atoms with Crippen molar-refractivity contribution in [1.82, 2.24) is 0 Å². The Balaban J connectivity index is 2.83. The topological polar surface area (TPSA) is 63.0 Å². The molecule has 1 aromatic rings. The Morgan fingerprint density at radius 1 is 1.67 bits per heavy atom. The van der Waals surface area contributed by atoms with Crippen LogP contribution in [0.1, 0.15) is 29.5 Å². The average molecular weight is 164 g/mol. The molecule has 0 aliphatic rings. The molecular weight excluding hydrogens is 152 g/mol. The van der Waals surface area contributed by atoms with Crippen LogP contribution in [0.15, 0.2) is 10.5 Å². The van der Waals surface area contributed by atoms with Crippen LogP contribution in [-0.2, 0) is 0 Å². The van der Waals surface area contributed by atoms with E-state index < -0.39 is 0 Å². The maximum absolute atomic E-state index is 8.40. The highest BCUT2D eigenvalue weighted by Crippen LogP contribution is 2.19. The summed E-state index contributed by atoms with van der Waals surface area (Å²) in [5.41, 5.74) is 6.75. The van der Waals surface area contributed by atoms with Gasteiger partial charge in [-0.25, -0.2) is 0 Å². The van der Waals surface area contributed by atoms with E-state index in [1.807, 2.05) is 26.0 Å². The summed E-state index contributed by atoms with van der Waals surface area (Å²) in [5.74, 6) is 1.57. The quantitative estimate of drug-likeness (QED) is 0.725. The van der Waals surface area contributed by atoms with Crippen LogP contribution in [0.3, 0.4) is 0 Å². The predicted octanol–water partition coefficient (Wildman–Crippen LogP) is 1.81. The first-order chi connectivity index (χ1) is 5.65. The van der Waals surface area contributed by atoms with Gasteiger partial charge in [0.1, 0.15) is 11.5 Å². The van der Waals surface area contributed by atoms with Crippen molar-refractivity contribution in [1.29, 1.82) is 5.26 Å². The largest absolute Gasteiger partial charge is 0.464 e. The fourth-order valence-corrected chi connectivity index (χ4v) is 0.983. The molecule has 0 aromatic carbocycles. The predicted molar refractivity (Wildman–Crippen MR) is 45.3 cm³/mol. The number of nitriles is 1. The number of rotatable bonds is 2. The van der Waals surface area contributed by atoms with Gasteiger partial charge in [0.05, 0.1) is 18.5 Å². The molecule has 0 amide bonds. The van der Waals surface area contributed by atoms with Crippen LogP contribution in [0.2, 0.25) is 0 Å². The van der Waals surface area contributed by atoms with Crippen LogP contribution in [0.25, 0.3) is 0 Å². The van der Waals surface area contributed by atoms with E-state index in [0.717, 1.165) is 11.3 Å². The van der Waals surface area contributed by atoms with E-state index in [0.29, 0.717) is 12.2 Å². The highest BCUT2D eigenvalue weighted by Gasteiger charge is 2.11. The van der Waals surface area contributed by atoms with E-state index in [4.69, 9.17) is 15.4 Å². The molecule has 0 fully saturated rings. The zero-order valence-corrected chi connectivity index (χ0v) is 7.29. The van der Waals surface area contributed by atoms with E-state index in [1.54, 1.807) is 0 Å². The summed E-state index contributed by atoms with van der Waals surface area (Å²) in [4.78, 5) is 0. The van der Waals surface area contributed by atoms with Gasteiger partial charge in [0.15, 0.2) is 0 Å². The number of hydrogen-bond donors (Lipinski definition) is 1. The molecule has 1 unspecified atom stereocenters. The Kier molecular flexibility index (Phi) is 2.51. The molecule has 0 aliphatic carbocycles. The van der Waals surface area contributed by atoms with Crippen molar-refractivity contribution in [3.8, 4) is 6.07 Å². The lowest BCUT2D eigenvalue weighted by Crippen LogP contribution is -2.07. The maximum Gasteiger partial charge on any atom is 0.122 e. The second-order valence-corrected chi connectivity index (χ2v) is 2.86. The summed E-state index contributed by atoms with van der Waals surface area (Å²) in [6.45, 7) is 3.85. The second kappa shape index (κ2) is 3.42. The third kappa shape index (κ3) is 1.66. The summed E-state index contributed by atoms with van der Waals surface area (Å²) in [6.07, 6.45) is 0.298. The average Bonchev–Trinajstić information content (AvgIpc) is 2.33. The van der Waals surface area contributed by atoms with E-state index in [2.05, 4.69) is 0 Å². The summed E-state index contributed by atoms with van der Waals surface area (Å²) < 4.78 is 5.35. The Labute approximate surface area is 71.8 Å². The molecule has 0 radical (unpaired) electrons. The standard InChI is InChI=1S/C9H12N2O/c1-6-5-9(12-7(6)2)8(11)3-4-10/h5,8H,3,11H2,1-2H3. The Morgan fingerprint density at radius 2 is 2.33 bits per heavy atom. The maximum atomic E-state index is 8.40. The molecule has 2 N–H and O–H groups in total. The monoisotopic (exact) mass is 164 g/mol. The minimum atomic E-state index is -0.289. The van der Waals surface area contributed by atoms with Crippen LogP contribution in [0.4, 0.5) is 0 Å². The third-order valence-electron chi connectivity index (χ3n) is 1.86. The molecule has 3 heteroatoms. The number of hydrogen-bond acceptors (Lipinski definition) is 3. The Bertz CT molecular complexity index is 289. The van der Waals surface area contributed by atoms with Crippen molar-refractivity contribution in [2.45, 2.75) is 26.3 Å². The molecule has 0 aliphatic heterocycles. The molecule has 0 spiro atoms. The molecule has 0 saturated carbocycles. The zero-order chi connectivity index (χ0) is 9.14. The lowest BCUT2D eigenvalue weighted by molar-refractivity contribution is 0.447. The fourth-order valence-electron chi connectivity index (χ4n) is 0.983. The highest BCUT2D eigenvalue weighted by molar-refractivity contribution is 5.21. The smallest absolute Gasteiger partial charge is 0.122 e. The zero-order valence-electron chi connectivity index (χ0n) is 7.29. The number of nitrogens with zero attached hydrogens (tertiary/aromatic N) is 1. The minimum Gasteiger partial charge on any atom is -0.464 e. The van der Waals surface area contributed by atoms with Crippen LogP contribution in [-0.4, -0.2) is 0 Å². The van der Waals surface area contributed by atoms with Gasteiger partial charge in [0, 0.05) is 0 Å². The minimum absolute atomic E-state index is 0.289. The molecule has 1 heterocycles. The number of aryl methyl sites for hydroxylation is 2. The summed E-state index contributed by atoms with van der Waals surface area (Å²) in [7, 11) is 0. The van der Waals surface area contributed by atoms with Crippen LogP contribution >= 0.6 is 0 Å². The van der Waals surface area contributed by atoms with Crippen molar-refractivity contribution in [2.24, 2.45) is 5.73 Å². The summed E-state index contributed by atoms with van der Waals surface area (Å²) in [6, 6.07) is 3.61. The van der Waals surface area contributed by atoms with Crippen molar-refractivity contribution >= 4 is 0 Å². The molecular formula is C9H12N2O. The van der Waals surface area contributed by atoms with Crippen molar-refractivity contribution < 1.29 is 4.42 Å². The first-order valence-electron chi connectivity index (χ1n) is 3.84. The van der Waals surface area contributed by atoms with E-state index in [1.165, 1.54) is 0 Å². The van der Waals surface area contributed by atoms with Gasteiger partial charge in [-0.15, -0.1) is 0 Å². The van der Waals surface area contributed by atoms with Gasteiger partial charge in [0.25, 0.3) is 0 Å². The summed E-state index contributed by atoms with van der Waals surface area (Å²) >= 11 is 0. The molecule has 0 saturated heterocycles. The molecule has 1 aromatic heterocycles. The lowest BCUT2D eigenvalue weighted by atomic mass is 10.1. The summed E-state index contributed by atoms with van der Waals surface area (Å²) in [5, 5.41) is 8.40. The first-order valence-corrected chi connectivity index (χ1v) is 3.84. The number of nitrogens with two attached hydrogens (primary N) is 1. The van der Waals surface area contributed by atoms with Gasteiger partial charge >= 0.3 is 0 Å². The molecule has 1 rings (SSSR count). The molecule has 12 heavy (non-hydrogen) atoms. The number of furan rings is 1. The molecule has 0 bridgehead atoms. The van der Waals surface area contributed by atoms with E-state index >= 15 is 0 Å². The van der Waals surface area contributed by atoms with E-state index in [9.17, 15) is 0 Å². The molecule has 64 valence electrons. The highest BCUT2D eigenvalue weighted by atomic mass is 16.3. The SMILES string of the molecule is Cc1cc(C(N)CC#N)oc1C.